The van der Waals surface area contributed by atoms with Crippen molar-refractivity contribution in [1.29, 1.82) is 0 Å². The summed E-state index contributed by atoms with van der Waals surface area (Å²) in [5.41, 5.74) is 0.142. The molecule has 0 aliphatic heterocycles. The minimum Gasteiger partial charge on any atom is -0.294 e. The predicted molar refractivity (Wildman–Crippen MR) is 66.9 cm³/mol. The lowest BCUT2D eigenvalue weighted by molar-refractivity contribution is 0.0946. The van der Waals surface area contributed by atoms with Crippen molar-refractivity contribution < 1.29 is 9.18 Å². The molecule has 1 aromatic rings. The summed E-state index contributed by atoms with van der Waals surface area (Å²) in [6, 6.07) is 4.61. The fourth-order valence-electron chi connectivity index (χ4n) is 2.48. The third-order valence-corrected chi connectivity index (χ3v) is 3.74. The maximum atomic E-state index is 13.7. The van der Waals surface area contributed by atoms with Gasteiger partial charge in [-0.05, 0) is 18.1 Å². The van der Waals surface area contributed by atoms with Crippen LogP contribution in [-0.2, 0) is 0 Å². The first kappa shape index (κ1) is 12.6. The molecule has 1 fully saturated rings. The van der Waals surface area contributed by atoms with E-state index in [1.165, 1.54) is 31.4 Å². The molecule has 1 nitrogen and oxygen atoms in total. The largest absolute Gasteiger partial charge is 0.294 e. The Labute approximate surface area is 106 Å². The molecule has 0 N–H and O–H groups in total. The van der Waals surface area contributed by atoms with Crippen LogP contribution >= 0.6 is 11.6 Å². The van der Waals surface area contributed by atoms with Crippen molar-refractivity contribution >= 4 is 17.4 Å². The summed E-state index contributed by atoms with van der Waals surface area (Å²) in [6.45, 7) is 0. The molecule has 0 atom stereocenters. The zero-order valence-electron chi connectivity index (χ0n) is 9.72. The van der Waals surface area contributed by atoms with Gasteiger partial charge in [-0.25, -0.2) is 4.39 Å². The third-order valence-electron chi connectivity index (χ3n) is 3.45. The van der Waals surface area contributed by atoms with Crippen LogP contribution in [-0.4, -0.2) is 5.78 Å². The summed E-state index contributed by atoms with van der Waals surface area (Å²) in [5, 5.41) is 0.0273. The van der Waals surface area contributed by atoms with Crippen molar-refractivity contribution in [1.82, 2.24) is 0 Å². The molecular formula is C14H16ClFO. The van der Waals surface area contributed by atoms with E-state index in [9.17, 15) is 9.18 Å². The van der Waals surface area contributed by atoms with Gasteiger partial charge in [-0.15, -0.1) is 0 Å². The van der Waals surface area contributed by atoms with Gasteiger partial charge in [-0.1, -0.05) is 49.8 Å². The van der Waals surface area contributed by atoms with Crippen LogP contribution in [0.3, 0.4) is 0 Å². The van der Waals surface area contributed by atoms with E-state index >= 15 is 0 Å². The summed E-state index contributed by atoms with van der Waals surface area (Å²) in [6.07, 6.45) is 6.28. The number of hydrogen-bond acceptors (Lipinski definition) is 1. The lowest BCUT2D eigenvalue weighted by Crippen LogP contribution is -2.13. The van der Waals surface area contributed by atoms with Gasteiger partial charge in [0, 0.05) is 6.42 Å². The van der Waals surface area contributed by atoms with Crippen LogP contribution in [0.2, 0.25) is 5.02 Å². The van der Waals surface area contributed by atoms with Crippen LogP contribution in [0, 0.1) is 11.7 Å². The Bertz CT molecular complexity index is 411. The van der Waals surface area contributed by atoms with E-state index in [0.717, 1.165) is 12.8 Å². The number of benzene rings is 1. The minimum absolute atomic E-state index is 0.0273. The highest BCUT2D eigenvalue weighted by molar-refractivity contribution is 6.31. The molecule has 0 heterocycles. The zero-order valence-corrected chi connectivity index (χ0v) is 10.5. The van der Waals surface area contributed by atoms with Gasteiger partial charge in [0.15, 0.2) is 11.6 Å². The summed E-state index contributed by atoms with van der Waals surface area (Å²) < 4.78 is 13.7. The molecule has 1 saturated carbocycles. The maximum absolute atomic E-state index is 13.7. The maximum Gasteiger partial charge on any atom is 0.166 e. The van der Waals surface area contributed by atoms with Crippen LogP contribution in [0.15, 0.2) is 18.2 Å². The quantitative estimate of drug-likeness (QED) is 0.719. The smallest absolute Gasteiger partial charge is 0.166 e. The number of halogens is 2. The van der Waals surface area contributed by atoms with Crippen molar-refractivity contribution in [2.75, 3.05) is 0 Å². The van der Waals surface area contributed by atoms with Gasteiger partial charge < -0.3 is 0 Å². The Hall–Kier alpha value is -0.890. The van der Waals surface area contributed by atoms with Gasteiger partial charge in [0.05, 0.1) is 10.6 Å². The molecule has 0 bridgehead atoms. The molecule has 0 unspecified atom stereocenters. The number of Topliss-reactive ketones (excluding diaryl/α,β-unsaturated/α-hetero) is 1. The van der Waals surface area contributed by atoms with E-state index in [4.69, 9.17) is 11.6 Å². The highest BCUT2D eigenvalue weighted by atomic mass is 35.5. The topological polar surface area (TPSA) is 17.1 Å². The monoisotopic (exact) mass is 254 g/mol. The molecule has 0 radical (unpaired) electrons. The normalized spacial score (nSPS) is 17.1. The Morgan fingerprint density at radius 2 is 2.00 bits per heavy atom. The number of carbonyl (C=O) groups is 1. The average molecular weight is 255 g/mol. The number of rotatable bonds is 3. The standard InChI is InChI=1S/C14H16ClFO/c15-12-8-4-7-11(14(12)16)13(17)9-10-5-2-1-3-6-10/h4,7-8,10H,1-3,5-6,9H2. The average Bonchev–Trinajstić information content (AvgIpc) is 2.34. The summed E-state index contributed by atoms with van der Waals surface area (Å²) in [5.74, 6) is -0.262. The second-order valence-electron chi connectivity index (χ2n) is 4.73. The first-order valence-electron chi connectivity index (χ1n) is 6.15. The Morgan fingerprint density at radius 1 is 1.29 bits per heavy atom. The Balaban J connectivity index is 2.06. The van der Waals surface area contributed by atoms with Crippen LogP contribution in [0.4, 0.5) is 4.39 Å². The lowest BCUT2D eigenvalue weighted by atomic mass is 9.85. The van der Waals surface area contributed by atoms with Gasteiger partial charge in [0.1, 0.15) is 0 Å². The fourth-order valence-corrected chi connectivity index (χ4v) is 2.66. The molecule has 3 heteroatoms. The first-order valence-corrected chi connectivity index (χ1v) is 6.53. The van der Waals surface area contributed by atoms with E-state index in [2.05, 4.69) is 0 Å². The predicted octanol–water partition coefficient (Wildman–Crippen LogP) is 4.63. The number of carbonyl (C=O) groups excluding carboxylic acids is 1. The van der Waals surface area contributed by atoms with Crippen molar-refractivity contribution in [2.24, 2.45) is 5.92 Å². The fraction of sp³-hybridized carbons (Fsp3) is 0.500. The Kier molecular flexibility index (Phi) is 4.16. The van der Waals surface area contributed by atoms with Crippen LogP contribution in [0.25, 0.3) is 0 Å². The molecule has 2 rings (SSSR count). The summed E-state index contributed by atoms with van der Waals surface area (Å²) in [4.78, 5) is 12.0. The molecule has 0 spiro atoms. The van der Waals surface area contributed by atoms with Crippen molar-refractivity contribution in [2.45, 2.75) is 38.5 Å². The van der Waals surface area contributed by atoms with Crippen molar-refractivity contribution in [3.8, 4) is 0 Å². The summed E-state index contributed by atoms with van der Waals surface area (Å²) in [7, 11) is 0. The highest BCUT2D eigenvalue weighted by Crippen LogP contribution is 2.28. The summed E-state index contributed by atoms with van der Waals surface area (Å²) >= 11 is 5.67. The van der Waals surface area contributed by atoms with Crippen molar-refractivity contribution in [3.63, 3.8) is 0 Å². The van der Waals surface area contributed by atoms with Crippen LogP contribution in [0.5, 0.6) is 0 Å². The van der Waals surface area contributed by atoms with E-state index in [-0.39, 0.29) is 16.4 Å². The van der Waals surface area contributed by atoms with E-state index in [0.29, 0.717) is 12.3 Å². The van der Waals surface area contributed by atoms with Gasteiger partial charge in [0.2, 0.25) is 0 Å². The third kappa shape index (κ3) is 3.06. The first-order chi connectivity index (χ1) is 8.18. The van der Waals surface area contributed by atoms with Crippen LogP contribution < -0.4 is 0 Å². The minimum atomic E-state index is -0.574. The van der Waals surface area contributed by atoms with Gasteiger partial charge in [-0.2, -0.15) is 0 Å². The Morgan fingerprint density at radius 3 is 2.71 bits per heavy atom. The molecule has 0 aromatic heterocycles. The number of hydrogen-bond donors (Lipinski definition) is 0. The molecular weight excluding hydrogens is 239 g/mol. The van der Waals surface area contributed by atoms with E-state index in [1.54, 1.807) is 6.07 Å². The SMILES string of the molecule is O=C(CC1CCCCC1)c1cccc(Cl)c1F. The van der Waals surface area contributed by atoms with Gasteiger partial charge in [0.25, 0.3) is 0 Å². The molecule has 0 saturated heterocycles. The van der Waals surface area contributed by atoms with E-state index in [1.807, 2.05) is 0 Å². The van der Waals surface area contributed by atoms with Gasteiger partial charge in [-0.3, -0.25) is 4.79 Å². The number of ketones is 1. The second kappa shape index (κ2) is 5.63. The molecule has 0 amide bonds. The van der Waals surface area contributed by atoms with Crippen LogP contribution in [0.1, 0.15) is 48.9 Å². The molecule has 1 aromatic carbocycles. The second-order valence-corrected chi connectivity index (χ2v) is 5.14. The van der Waals surface area contributed by atoms with E-state index < -0.39 is 5.82 Å². The lowest BCUT2D eigenvalue weighted by Gasteiger charge is -2.20. The van der Waals surface area contributed by atoms with Crippen molar-refractivity contribution in [3.05, 3.63) is 34.6 Å². The molecule has 92 valence electrons. The highest BCUT2D eigenvalue weighted by Gasteiger charge is 2.20. The van der Waals surface area contributed by atoms with Gasteiger partial charge >= 0.3 is 0 Å². The molecule has 1 aliphatic carbocycles. The molecule has 1 aliphatic rings. The molecule has 17 heavy (non-hydrogen) atoms. The zero-order chi connectivity index (χ0) is 12.3.